The van der Waals surface area contributed by atoms with Crippen LogP contribution in [0.5, 0.6) is 0 Å². The van der Waals surface area contributed by atoms with Gasteiger partial charge in [-0.1, -0.05) is 46.8 Å². The molecule has 0 spiro atoms. The molecule has 22 heavy (non-hydrogen) atoms. The number of nitrogens with one attached hydrogen (secondary N) is 1. The Kier molecular flexibility index (Phi) is 5.00. The van der Waals surface area contributed by atoms with Gasteiger partial charge in [0, 0.05) is 5.02 Å². The topological polar surface area (TPSA) is 54.9 Å². The van der Waals surface area contributed by atoms with Crippen molar-refractivity contribution in [3.8, 4) is 0 Å². The fourth-order valence-corrected chi connectivity index (χ4v) is 4.02. The Morgan fingerprint density at radius 3 is 2.73 bits per heavy atom. The second-order valence-electron chi connectivity index (χ2n) is 5.34. The van der Waals surface area contributed by atoms with Gasteiger partial charge < -0.3 is 5.32 Å². The van der Waals surface area contributed by atoms with Crippen LogP contribution in [0.1, 0.15) is 31.4 Å². The number of thioether (sulfide) groups is 1. The van der Waals surface area contributed by atoms with Gasteiger partial charge in [0.15, 0.2) is 4.34 Å². The van der Waals surface area contributed by atoms with E-state index in [1.165, 1.54) is 23.1 Å². The van der Waals surface area contributed by atoms with Gasteiger partial charge in [0.05, 0.1) is 11.3 Å². The molecule has 1 fully saturated rings. The molecule has 4 nitrogen and oxygen atoms in total. The number of benzene rings is 1. The Balaban J connectivity index is 1.65. The molecule has 1 aromatic heterocycles. The standard InChI is InChI=1S/C15H16ClN3OS2/c1-9(22-15-19-17-8-21-15)14(20)18-13(10-2-3-10)11-4-6-12(16)7-5-11/h4-10,13H,2-3H2,1H3,(H,18,20)/t9-,13+/m0/s1. The van der Waals surface area contributed by atoms with Crippen LogP contribution in [0.3, 0.4) is 0 Å². The van der Waals surface area contributed by atoms with Gasteiger partial charge in [0.25, 0.3) is 0 Å². The predicted octanol–water partition coefficient (Wildman–Crippen LogP) is 3.94. The van der Waals surface area contributed by atoms with E-state index in [0.717, 1.165) is 22.7 Å². The molecule has 7 heteroatoms. The lowest BCUT2D eigenvalue weighted by atomic mass is 10.0. The number of carbonyl (C=O) groups excluding carboxylic acids is 1. The van der Waals surface area contributed by atoms with Crippen LogP contribution in [0.25, 0.3) is 0 Å². The first kappa shape index (κ1) is 15.8. The third-order valence-electron chi connectivity index (χ3n) is 3.61. The second-order valence-corrected chi connectivity index (χ2v) is 8.20. The third kappa shape index (κ3) is 4.00. The zero-order valence-electron chi connectivity index (χ0n) is 12.0. The number of aromatic nitrogens is 2. The molecule has 0 bridgehead atoms. The molecule has 1 aliphatic rings. The summed E-state index contributed by atoms with van der Waals surface area (Å²) in [7, 11) is 0. The third-order valence-corrected chi connectivity index (χ3v) is 5.77. The highest BCUT2D eigenvalue weighted by Gasteiger charge is 2.34. The van der Waals surface area contributed by atoms with Crippen LogP contribution in [-0.2, 0) is 4.79 Å². The van der Waals surface area contributed by atoms with Crippen molar-refractivity contribution in [2.45, 2.75) is 35.4 Å². The highest BCUT2D eigenvalue weighted by atomic mass is 35.5. The predicted molar refractivity (Wildman–Crippen MR) is 90.3 cm³/mol. The maximum absolute atomic E-state index is 12.5. The minimum Gasteiger partial charge on any atom is -0.348 e. The van der Waals surface area contributed by atoms with Crippen LogP contribution in [0.2, 0.25) is 5.02 Å². The number of hydrogen-bond donors (Lipinski definition) is 1. The Labute approximate surface area is 142 Å². The first-order valence-electron chi connectivity index (χ1n) is 7.12. The summed E-state index contributed by atoms with van der Waals surface area (Å²) in [6.07, 6.45) is 2.32. The Morgan fingerprint density at radius 2 is 2.14 bits per heavy atom. The quantitative estimate of drug-likeness (QED) is 0.799. The lowest BCUT2D eigenvalue weighted by molar-refractivity contribution is -0.121. The van der Waals surface area contributed by atoms with E-state index in [1.54, 1.807) is 5.51 Å². The Bertz CT molecular complexity index is 629. The van der Waals surface area contributed by atoms with E-state index in [-0.39, 0.29) is 17.2 Å². The second kappa shape index (κ2) is 6.98. The van der Waals surface area contributed by atoms with E-state index in [2.05, 4.69) is 15.5 Å². The highest BCUT2D eigenvalue weighted by molar-refractivity contribution is 8.02. The molecule has 1 aromatic carbocycles. The van der Waals surface area contributed by atoms with Crippen LogP contribution >= 0.6 is 34.7 Å². The lowest BCUT2D eigenvalue weighted by Crippen LogP contribution is -2.35. The Hall–Kier alpha value is -1.11. The fourth-order valence-electron chi connectivity index (χ4n) is 2.26. The van der Waals surface area contributed by atoms with Crippen LogP contribution in [0, 0.1) is 5.92 Å². The van der Waals surface area contributed by atoms with E-state index >= 15 is 0 Å². The molecule has 1 aliphatic carbocycles. The van der Waals surface area contributed by atoms with Crippen molar-refractivity contribution in [1.82, 2.24) is 15.5 Å². The van der Waals surface area contributed by atoms with Crippen molar-refractivity contribution >= 4 is 40.6 Å². The molecule has 2 aromatic rings. The minimum atomic E-state index is -0.193. The molecule has 3 rings (SSSR count). The summed E-state index contributed by atoms with van der Waals surface area (Å²) >= 11 is 8.84. The molecular formula is C15H16ClN3OS2. The molecule has 0 radical (unpaired) electrons. The van der Waals surface area contributed by atoms with Gasteiger partial charge in [-0.3, -0.25) is 4.79 Å². The Morgan fingerprint density at radius 1 is 1.41 bits per heavy atom. The van der Waals surface area contributed by atoms with E-state index in [0.29, 0.717) is 10.9 Å². The van der Waals surface area contributed by atoms with Crippen molar-refractivity contribution in [2.24, 2.45) is 5.92 Å². The van der Waals surface area contributed by atoms with Crippen molar-refractivity contribution in [2.75, 3.05) is 0 Å². The molecular weight excluding hydrogens is 338 g/mol. The van der Waals surface area contributed by atoms with E-state index < -0.39 is 0 Å². The smallest absolute Gasteiger partial charge is 0.233 e. The van der Waals surface area contributed by atoms with E-state index in [1.807, 2.05) is 31.2 Å². The summed E-state index contributed by atoms with van der Waals surface area (Å²) in [5, 5.41) is 11.5. The van der Waals surface area contributed by atoms with Gasteiger partial charge in [0.2, 0.25) is 5.91 Å². The number of nitrogens with zero attached hydrogens (tertiary/aromatic N) is 2. The van der Waals surface area contributed by atoms with Crippen molar-refractivity contribution < 1.29 is 4.79 Å². The summed E-state index contributed by atoms with van der Waals surface area (Å²) in [5.41, 5.74) is 2.79. The summed E-state index contributed by atoms with van der Waals surface area (Å²) < 4.78 is 0.817. The number of halogens is 1. The summed E-state index contributed by atoms with van der Waals surface area (Å²) in [4.78, 5) is 12.5. The fraction of sp³-hybridized carbons (Fsp3) is 0.400. The first-order chi connectivity index (χ1) is 10.6. The number of amides is 1. The van der Waals surface area contributed by atoms with Crippen molar-refractivity contribution in [3.05, 3.63) is 40.4 Å². The van der Waals surface area contributed by atoms with Gasteiger partial charge in [-0.15, -0.1) is 10.2 Å². The highest BCUT2D eigenvalue weighted by Crippen LogP contribution is 2.41. The van der Waals surface area contributed by atoms with Gasteiger partial charge in [-0.2, -0.15) is 0 Å². The number of hydrogen-bond acceptors (Lipinski definition) is 5. The molecule has 1 N–H and O–H groups in total. The molecule has 0 unspecified atom stereocenters. The number of rotatable bonds is 6. The van der Waals surface area contributed by atoms with Crippen molar-refractivity contribution in [1.29, 1.82) is 0 Å². The van der Waals surface area contributed by atoms with Gasteiger partial charge >= 0.3 is 0 Å². The summed E-state index contributed by atoms with van der Waals surface area (Å²) in [5.74, 6) is 0.566. The maximum Gasteiger partial charge on any atom is 0.233 e. The SMILES string of the molecule is C[C@H](Sc1nncs1)C(=O)N[C@@H](c1ccc(Cl)cc1)C1CC1. The minimum absolute atomic E-state index is 0.0343. The maximum atomic E-state index is 12.5. The zero-order valence-corrected chi connectivity index (χ0v) is 14.4. The molecule has 2 atom stereocenters. The largest absolute Gasteiger partial charge is 0.348 e. The monoisotopic (exact) mass is 353 g/mol. The number of carbonyl (C=O) groups is 1. The average molecular weight is 354 g/mol. The van der Waals surface area contributed by atoms with Crippen LogP contribution in [0.15, 0.2) is 34.1 Å². The normalized spacial score (nSPS) is 17.0. The summed E-state index contributed by atoms with van der Waals surface area (Å²) in [6.45, 7) is 1.90. The molecule has 1 saturated carbocycles. The summed E-state index contributed by atoms with van der Waals surface area (Å²) in [6, 6.07) is 7.81. The van der Waals surface area contributed by atoms with Crippen LogP contribution < -0.4 is 5.32 Å². The molecule has 116 valence electrons. The van der Waals surface area contributed by atoms with Gasteiger partial charge in [-0.25, -0.2) is 0 Å². The molecule has 0 aliphatic heterocycles. The molecule has 1 amide bonds. The first-order valence-corrected chi connectivity index (χ1v) is 9.26. The van der Waals surface area contributed by atoms with E-state index in [4.69, 9.17) is 11.6 Å². The lowest BCUT2D eigenvalue weighted by Gasteiger charge is -2.21. The van der Waals surface area contributed by atoms with Crippen LogP contribution in [-0.4, -0.2) is 21.4 Å². The average Bonchev–Trinajstić information content (AvgIpc) is 3.23. The van der Waals surface area contributed by atoms with Crippen LogP contribution in [0.4, 0.5) is 0 Å². The van der Waals surface area contributed by atoms with Gasteiger partial charge in [0.1, 0.15) is 5.51 Å². The van der Waals surface area contributed by atoms with E-state index in [9.17, 15) is 4.79 Å². The zero-order chi connectivity index (χ0) is 15.5. The van der Waals surface area contributed by atoms with Gasteiger partial charge in [-0.05, 0) is 43.4 Å². The van der Waals surface area contributed by atoms with Crippen molar-refractivity contribution in [3.63, 3.8) is 0 Å². The molecule has 1 heterocycles. The molecule has 0 saturated heterocycles.